The van der Waals surface area contributed by atoms with Crippen LogP contribution in [0.1, 0.15) is 17.9 Å². The van der Waals surface area contributed by atoms with Crippen LogP contribution in [0.15, 0.2) is 36.4 Å². The summed E-state index contributed by atoms with van der Waals surface area (Å²) in [6.45, 7) is 0. The number of hydrogen-bond acceptors (Lipinski definition) is 3. The molecule has 0 heterocycles. The number of benzene rings is 1. The summed E-state index contributed by atoms with van der Waals surface area (Å²) >= 11 is 0. The molecule has 4 heteroatoms. The molecule has 2 aliphatic rings. The molecule has 0 N–H and O–H groups in total. The number of nitro groups is 1. The maximum Gasteiger partial charge on any atom is 0.272 e. The second-order valence-corrected chi connectivity index (χ2v) is 5.00. The van der Waals surface area contributed by atoms with Gasteiger partial charge in [-0.3, -0.25) is 10.1 Å². The topological polar surface area (TPSA) is 60.2 Å². The molecule has 0 radical (unpaired) electrons. The molecule has 3 rings (SSSR count). The quantitative estimate of drug-likeness (QED) is 0.355. The highest BCUT2D eigenvalue weighted by molar-refractivity contribution is 5.61. The zero-order chi connectivity index (χ0) is 12.7. The van der Waals surface area contributed by atoms with Crippen LogP contribution in [0.25, 0.3) is 0 Å². The number of hydrogen-bond donors (Lipinski definition) is 0. The van der Waals surface area contributed by atoms with Crippen LogP contribution in [0, 0.1) is 27.9 Å². The van der Waals surface area contributed by atoms with Gasteiger partial charge in [0.1, 0.15) is 6.29 Å². The minimum absolute atomic E-state index is 0.0286. The molecule has 1 fully saturated rings. The van der Waals surface area contributed by atoms with Crippen LogP contribution >= 0.6 is 0 Å². The molecule has 2 unspecified atom stereocenters. The van der Waals surface area contributed by atoms with Crippen molar-refractivity contribution < 1.29 is 9.72 Å². The summed E-state index contributed by atoms with van der Waals surface area (Å²) in [4.78, 5) is 22.0. The van der Waals surface area contributed by atoms with Crippen molar-refractivity contribution in [2.24, 2.45) is 17.8 Å². The third-order valence-electron chi connectivity index (χ3n) is 4.17. The molecule has 1 aromatic carbocycles. The number of rotatable bonds is 3. The van der Waals surface area contributed by atoms with E-state index in [9.17, 15) is 14.9 Å². The van der Waals surface area contributed by atoms with Crippen molar-refractivity contribution in [2.75, 3.05) is 0 Å². The Hall–Kier alpha value is -1.97. The first kappa shape index (κ1) is 11.1. The molecular weight excluding hydrogens is 230 g/mol. The third-order valence-corrected chi connectivity index (χ3v) is 4.17. The normalized spacial score (nSPS) is 32.7. The van der Waals surface area contributed by atoms with E-state index in [1.165, 1.54) is 6.07 Å². The van der Waals surface area contributed by atoms with E-state index in [1.54, 1.807) is 18.2 Å². The number of fused-ring (bicyclic) bond motifs is 2. The molecule has 18 heavy (non-hydrogen) atoms. The standard InChI is InChI=1S/C14H13NO3/c16-8-12-9-5-6-10(7-9)14(12)11-3-1-2-4-13(11)15(17)18/h1-6,8-10,12,14H,7H2/t9?,10?,12-,14+/m1/s1. The van der Waals surface area contributed by atoms with Crippen LogP contribution < -0.4 is 0 Å². The van der Waals surface area contributed by atoms with Crippen molar-refractivity contribution in [3.8, 4) is 0 Å². The molecule has 1 saturated carbocycles. The van der Waals surface area contributed by atoms with Gasteiger partial charge in [0.05, 0.1) is 4.92 Å². The van der Waals surface area contributed by atoms with Crippen LogP contribution in [0.5, 0.6) is 0 Å². The van der Waals surface area contributed by atoms with Crippen LogP contribution in [0.3, 0.4) is 0 Å². The van der Waals surface area contributed by atoms with Crippen molar-refractivity contribution >= 4 is 12.0 Å². The van der Waals surface area contributed by atoms with Gasteiger partial charge in [0.2, 0.25) is 0 Å². The Kier molecular flexibility index (Phi) is 2.51. The molecule has 92 valence electrons. The molecule has 0 spiro atoms. The van der Waals surface area contributed by atoms with E-state index >= 15 is 0 Å². The van der Waals surface area contributed by atoms with Crippen molar-refractivity contribution in [1.29, 1.82) is 0 Å². The summed E-state index contributed by atoms with van der Waals surface area (Å²) < 4.78 is 0. The maximum atomic E-state index is 11.3. The van der Waals surface area contributed by atoms with E-state index in [2.05, 4.69) is 12.2 Å². The molecule has 0 amide bonds. The maximum absolute atomic E-state index is 11.3. The molecule has 0 saturated heterocycles. The lowest BCUT2D eigenvalue weighted by molar-refractivity contribution is -0.385. The number of para-hydroxylation sites is 1. The Bertz CT molecular complexity index is 538. The van der Waals surface area contributed by atoms with Crippen LogP contribution in [-0.2, 0) is 4.79 Å². The molecule has 4 atom stereocenters. The van der Waals surface area contributed by atoms with Gasteiger partial charge < -0.3 is 4.79 Å². The van der Waals surface area contributed by atoms with Gasteiger partial charge in [0.25, 0.3) is 5.69 Å². The summed E-state index contributed by atoms with van der Waals surface area (Å²) in [6.07, 6.45) is 6.09. The summed E-state index contributed by atoms with van der Waals surface area (Å²) in [6, 6.07) is 6.78. The number of carbonyl (C=O) groups is 1. The Morgan fingerprint density at radius 2 is 1.94 bits per heavy atom. The second kappa shape index (κ2) is 4.05. The fourth-order valence-corrected chi connectivity index (χ4v) is 3.42. The number of nitro benzene ring substituents is 1. The van der Waals surface area contributed by atoms with Crippen molar-refractivity contribution in [2.45, 2.75) is 12.3 Å². The minimum atomic E-state index is -0.354. The monoisotopic (exact) mass is 243 g/mol. The molecular formula is C14H13NO3. The van der Waals surface area contributed by atoms with Crippen LogP contribution in [0.4, 0.5) is 5.69 Å². The van der Waals surface area contributed by atoms with Gasteiger partial charge >= 0.3 is 0 Å². The summed E-state index contributed by atoms with van der Waals surface area (Å²) in [7, 11) is 0. The minimum Gasteiger partial charge on any atom is -0.303 e. The second-order valence-electron chi connectivity index (χ2n) is 5.00. The SMILES string of the molecule is O=C[C@@H]1C2C=CC(C2)[C@H]1c1ccccc1[N+](=O)[O-]. The van der Waals surface area contributed by atoms with E-state index in [0.29, 0.717) is 5.56 Å². The molecule has 1 aromatic rings. The predicted octanol–water partition coefficient (Wildman–Crippen LogP) is 2.70. The first-order chi connectivity index (χ1) is 8.72. The summed E-state index contributed by atoms with van der Waals surface area (Å²) in [5.41, 5.74) is 0.840. The van der Waals surface area contributed by atoms with E-state index in [4.69, 9.17) is 0 Å². The number of nitrogens with zero attached hydrogens (tertiary/aromatic N) is 1. The molecule has 0 aliphatic heterocycles. The van der Waals surface area contributed by atoms with Gasteiger partial charge in [0.15, 0.2) is 0 Å². The van der Waals surface area contributed by atoms with E-state index < -0.39 is 0 Å². The number of carbonyl (C=O) groups excluding carboxylic acids is 1. The number of aldehydes is 1. The third kappa shape index (κ3) is 1.49. The molecule has 2 bridgehead atoms. The van der Waals surface area contributed by atoms with Gasteiger partial charge in [-0.2, -0.15) is 0 Å². The molecule has 2 aliphatic carbocycles. The summed E-state index contributed by atoms with van der Waals surface area (Å²) in [5.74, 6) is 0.392. The van der Waals surface area contributed by atoms with Crippen molar-refractivity contribution in [1.82, 2.24) is 0 Å². The first-order valence-corrected chi connectivity index (χ1v) is 6.09. The van der Waals surface area contributed by atoms with E-state index in [1.807, 2.05) is 0 Å². The molecule has 0 aromatic heterocycles. The lowest BCUT2D eigenvalue weighted by Gasteiger charge is -2.23. The van der Waals surface area contributed by atoms with Gasteiger partial charge in [-0.25, -0.2) is 0 Å². The van der Waals surface area contributed by atoms with Gasteiger partial charge in [-0.05, 0) is 18.3 Å². The number of allylic oxidation sites excluding steroid dienone is 2. The highest BCUT2D eigenvalue weighted by Crippen LogP contribution is 2.53. The largest absolute Gasteiger partial charge is 0.303 e. The first-order valence-electron chi connectivity index (χ1n) is 6.09. The fourth-order valence-electron chi connectivity index (χ4n) is 3.42. The van der Waals surface area contributed by atoms with Gasteiger partial charge in [0, 0.05) is 23.5 Å². The van der Waals surface area contributed by atoms with Gasteiger partial charge in [-0.15, -0.1) is 0 Å². The zero-order valence-electron chi connectivity index (χ0n) is 9.73. The van der Waals surface area contributed by atoms with Gasteiger partial charge in [-0.1, -0.05) is 30.4 Å². The average Bonchev–Trinajstić information content (AvgIpc) is 2.98. The average molecular weight is 243 g/mol. The fraction of sp³-hybridized carbons (Fsp3) is 0.357. The lowest BCUT2D eigenvalue weighted by Crippen LogP contribution is -2.19. The Balaban J connectivity index is 2.07. The van der Waals surface area contributed by atoms with Crippen molar-refractivity contribution in [3.63, 3.8) is 0 Å². The van der Waals surface area contributed by atoms with E-state index in [0.717, 1.165) is 12.7 Å². The van der Waals surface area contributed by atoms with E-state index in [-0.39, 0.29) is 34.3 Å². The zero-order valence-corrected chi connectivity index (χ0v) is 9.73. The smallest absolute Gasteiger partial charge is 0.272 e. The van der Waals surface area contributed by atoms with Crippen LogP contribution in [-0.4, -0.2) is 11.2 Å². The Morgan fingerprint density at radius 3 is 2.67 bits per heavy atom. The Morgan fingerprint density at radius 1 is 1.22 bits per heavy atom. The highest BCUT2D eigenvalue weighted by atomic mass is 16.6. The Labute approximate surface area is 104 Å². The predicted molar refractivity (Wildman–Crippen MR) is 66.1 cm³/mol. The van der Waals surface area contributed by atoms with Crippen molar-refractivity contribution in [3.05, 3.63) is 52.1 Å². The molecule has 4 nitrogen and oxygen atoms in total. The van der Waals surface area contributed by atoms with Crippen LogP contribution in [0.2, 0.25) is 0 Å². The lowest BCUT2D eigenvalue weighted by atomic mass is 9.79. The summed E-state index contributed by atoms with van der Waals surface area (Å²) in [5, 5.41) is 11.1. The highest BCUT2D eigenvalue weighted by Gasteiger charge is 2.46.